The molecule has 1 aliphatic rings. The van der Waals surface area contributed by atoms with E-state index < -0.39 is 0 Å². The first kappa shape index (κ1) is 14.5. The average molecular weight is 329 g/mol. The fraction of sp³-hybridized carbons (Fsp3) is 0.692. The molecule has 1 aromatic heterocycles. The number of rotatable bonds is 4. The van der Waals surface area contributed by atoms with Crippen molar-refractivity contribution in [3.05, 3.63) is 21.0 Å². The molecule has 0 saturated carbocycles. The van der Waals surface area contributed by atoms with E-state index in [1.54, 1.807) is 13.2 Å². The first-order chi connectivity index (χ1) is 9.08. The normalized spacial score (nSPS) is 18.3. The number of piperidine rings is 1. The zero-order chi connectivity index (χ0) is 13.8. The number of halogens is 1. The molecule has 0 aliphatic carbocycles. The molecule has 0 bridgehead atoms. The molecule has 1 atom stereocenters. The molecule has 2 rings (SSSR count). The summed E-state index contributed by atoms with van der Waals surface area (Å²) in [5.41, 5.74) is 0.655. The molecule has 1 saturated heterocycles. The second-order valence-electron chi connectivity index (χ2n) is 5.21. The highest BCUT2D eigenvalue weighted by Crippen LogP contribution is 2.17. The smallest absolute Gasteiger partial charge is 0.282 e. The summed E-state index contributed by atoms with van der Waals surface area (Å²) in [7, 11) is 1.65. The van der Waals surface area contributed by atoms with Gasteiger partial charge in [0, 0.05) is 19.6 Å². The van der Waals surface area contributed by atoms with Crippen molar-refractivity contribution in [2.45, 2.75) is 32.2 Å². The third kappa shape index (κ3) is 3.79. The fourth-order valence-corrected chi connectivity index (χ4v) is 2.93. The van der Waals surface area contributed by atoms with Crippen LogP contribution in [0.1, 0.15) is 26.2 Å². The number of hydrogen-bond acceptors (Lipinski definition) is 4. The molecular formula is C13H21BrN4O. The molecule has 19 heavy (non-hydrogen) atoms. The van der Waals surface area contributed by atoms with E-state index in [1.807, 2.05) is 0 Å². The predicted octanol–water partition coefficient (Wildman–Crippen LogP) is 1.83. The summed E-state index contributed by atoms with van der Waals surface area (Å²) in [4.78, 5) is 14.2. The Morgan fingerprint density at radius 1 is 1.42 bits per heavy atom. The first-order valence-electron chi connectivity index (χ1n) is 6.78. The minimum Gasteiger partial charge on any atom is -0.379 e. The quantitative estimate of drug-likeness (QED) is 0.916. The molecule has 1 aromatic rings. The van der Waals surface area contributed by atoms with Gasteiger partial charge in [0.25, 0.3) is 5.56 Å². The fourth-order valence-electron chi connectivity index (χ4n) is 2.45. The highest BCUT2D eigenvalue weighted by atomic mass is 79.9. The number of nitrogens with one attached hydrogen (secondary N) is 1. The topological polar surface area (TPSA) is 50.2 Å². The third-order valence-corrected chi connectivity index (χ3v) is 4.23. The van der Waals surface area contributed by atoms with Gasteiger partial charge in [-0.15, -0.1) is 0 Å². The molecule has 6 heteroatoms. The summed E-state index contributed by atoms with van der Waals surface area (Å²) in [6, 6.07) is 0.295. The van der Waals surface area contributed by atoms with Crippen molar-refractivity contribution in [1.29, 1.82) is 0 Å². The van der Waals surface area contributed by atoms with E-state index in [2.05, 4.69) is 38.2 Å². The van der Waals surface area contributed by atoms with E-state index in [0.717, 1.165) is 12.2 Å². The maximum absolute atomic E-state index is 11.8. The third-order valence-electron chi connectivity index (χ3n) is 3.46. The minimum atomic E-state index is -0.116. The Morgan fingerprint density at radius 3 is 2.79 bits per heavy atom. The van der Waals surface area contributed by atoms with Crippen LogP contribution in [0.5, 0.6) is 0 Å². The number of likely N-dealkylation sites (tertiary alicyclic amines) is 1. The number of aromatic nitrogens is 2. The van der Waals surface area contributed by atoms with Gasteiger partial charge in [-0.05, 0) is 48.8 Å². The number of hydrogen-bond donors (Lipinski definition) is 1. The van der Waals surface area contributed by atoms with E-state index in [1.165, 1.54) is 37.0 Å². The first-order valence-corrected chi connectivity index (χ1v) is 7.58. The van der Waals surface area contributed by atoms with Gasteiger partial charge in [-0.25, -0.2) is 4.68 Å². The van der Waals surface area contributed by atoms with E-state index in [9.17, 15) is 4.79 Å². The average Bonchev–Trinajstić information content (AvgIpc) is 2.41. The van der Waals surface area contributed by atoms with E-state index >= 15 is 0 Å². The Hall–Kier alpha value is -0.880. The summed E-state index contributed by atoms with van der Waals surface area (Å²) in [6.07, 6.45) is 5.63. The molecule has 0 amide bonds. The predicted molar refractivity (Wildman–Crippen MR) is 80.6 cm³/mol. The second-order valence-corrected chi connectivity index (χ2v) is 6.00. The lowest BCUT2D eigenvalue weighted by molar-refractivity contribution is 0.223. The van der Waals surface area contributed by atoms with Gasteiger partial charge in [0.15, 0.2) is 0 Å². The molecule has 1 N–H and O–H groups in total. The Labute approximate surface area is 122 Å². The lowest BCUT2D eigenvalue weighted by atomic mass is 10.1. The van der Waals surface area contributed by atoms with Gasteiger partial charge >= 0.3 is 0 Å². The Balaban J connectivity index is 1.96. The molecular weight excluding hydrogens is 308 g/mol. The summed E-state index contributed by atoms with van der Waals surface area (Å²) >= 11 is 3.34. The van der Waals surface area contributed by atoms with Crippen LogP contribution in [0.3, 0.4) is 0 Å². The van der Waals surface area contributed by atoms with Crippen LogP contribution in [0.25, 0.3) is 0 Å². The van der Waals surface area contributed by atoms with Gasteiger partial charge in [-0.2, -0.15) is 5.10 Å². The van der Waals surface area contributed by atoms with Gasteiger partial charge < -0.3 is 10.2 Å². The summed E-state index contributed by atoms with van der Waals surface area (Å²) in [6.45, 7) is 5.50. The van der Waals surface area contributed by atoms with Crippen LogP contribution in [0.2, 0.25) is 0 Å². The van der Waals surface area contributed by atoms with Crippen molar-refractivity contribution in [2.24, 2.45) is 7.05 Å². The van der Waals surface area contributed by atoms with Gasteiger partial charge in [-0.3, -0.25) is 4.79 Å². The molecule has 1 aliphatic heterocycles. The molecule has 0 aromatic carbocycles. The Bertz CT molecular complexity index is 482. The van der Waals surface area contributed by atoms with Crippen molar-refractivity contribution in [3.8, 4) is 0 Å². The van der Waals surface area contributed by atoms with Crippen LogP contribution in [0, 0.1) is 0 Å². The van der Waals surface area contributed by atoms with E-state index in [-0.39, 0.29) is 5.56 Å². The van der Waals surface area contributed by atoms with Gasteiger partial charge in [0.1, 0.15) is 4.47 Å². The van der Waals surface area contributed by atoms with Crippen LogP contribution in [0.4, 0.5) is 5.69 Å². The molecule has 106 valence electrons. The number of aryl methyl sites for hydroxylation is 1. The van der Waals surface area contributed by atoms with E-state index in [0.29, 0.717) is 10.5 Å². The number of anilines is 1. The van der Waals surface area contributed by atoms with E-state index in [4.69, 9.17) is 0 Å². The van der Waals surface area contributed by atoms with Crippen molar-refractivity contribution in [3.63, 3.8) is 0 Å². The lowest BCUT2D eigenvalue weighted by Gasteiger charge is -2.29. The maximum Gasteiger partial charge on any atom is 0.282 e. The standard InChI is InChI=1S/C13H21BrN4O/c1-10(9-18-6-4-3-5-7-18)16-11-8-15-17(2)13(19)12(11)14/h8,10,16H,3-7,9H2,1-2H3. The summed E-state index contributed by atoms with van der Waals surface area (Å²) in [5, 5.41) is 7.40. The van der Waals surface area contributed by atoms with Crippen LogP contribution < -0.4 is 10.9 Å². The second kappa shape index (κ2) is 6.52. The number of nitrogens with zero attached hydrogens (tertiary/aromatic N) is 3. The highest BCUT2D eigenvalue weighted by Gasteiger charge is 2.15. The zero-order valence-corrected chi connectivity index (χ0v) is 13.1. The molecule has 0 spiro atoms. The van der Waals surface area contributed by atoms with Gasteiger partial charge in [0.05, 0.1) is 11.9 Å². The molecule has 1 unspecified atom stereocenters. The van der Waals surface area contributed by atoms with Crippen LogP contribution >= 0.6 is 15.9 Å². The Kier molecular flexibility index (Phi) is 4.99. The largest absolute Gasteiger partial charge is 0.379 e. The summed E-state index contributed by atoms with van der Waals surface area (Å²) in [5.74, 6) is 0. The van der Waals surface area contributed by atoms with Gasteiger partial charge in [0.2, 0.25) is 0 Å². The lowest BCUT2D eigenvalue weighted by Crippen LogP contribution is -2.38. The summed E-state index contributed by atoms with van der Waals surface area (Å²) < 4.78 is 1.88. The molecule has 0 radical (unpaired) electrons. The zero-order valence-electron chi connectivity index (χ0n) is 11.5. The van der Waals surface area contributed by atoms with Crippen molar-refractivity contribution >= 4 is 21.6 Å². The van der Waals surface area contributed by atoms with Crippen molar-refractivity contribution in [2.75, 3.05) is 25.0 Å². The minimum absolute atomic E-state index is 0.116. The van der Waals surface area contributed by atoms with Crippen LogP contribution in [-0.2, 0) is 7.05 Å². The van der Waals surface area contributed by atoms with Crippen molar-refractivity contribution in [1.82, 2.24) is 14.7 Å². The highest BCUT2D eigenvalue weighted by molar-refractivity contribution is 9.10. The maximum atomic E-state index is 11.8. The van der Waals surface area contributed by atoms with Crippen LogP contribution in [-0.4, -0.2) is 40.4 Å². The molecule has 1 fully saturated rings. The van der Waals surface area contributed by atoms with Crippen molar-refractivity contribution < 1.29 is 0 Å². The molecule has 5 nitrogen and oxygen atoms in total. The van der Waals surface area contributed by atoms with Crippen LogP contribution in [0.15, 0.2) is 15.5 Å². The molecule has 2 heterocycles. The van der Waals surface area contributed by atoms with Gasteiger partial charge in [-0.1, -0.05) is 6.42 Å². The Morgan fingerprint density at radius 2 is 2.11 bits per heavy atom. The SMILES string of the molecule is CC(CN1CCCCC1)Nc1cnn(C)c(=O)c1Br. The monoisotopic (exact) mass is 328 g/mol.